The predicted molar refractivity (Wildman–Crippen MR) is 57.0 cm³/mol. The third kappa shape index (κ3) is 1.09. The Labute approximate surface area is 95.9 Å². The minimum absolute atomic E-state index is 0.0760. The largest absolute Gasteiger partial charge is 0.393 e. The van der Waals surface area contributed by atoms with Gasteiger partial charge < -0.3 is 19.3 Å². The van der Waals surface area contributed by atoms with Crippen molar-refractivity contribution in [2.24, 2.45) is 5.41 Å². The highest BCUT2D eigenvalue weighted by molar-refractivity contribution is 5.25. The minimum Gasteiger partial charge on any atom is -0.393 e. The number of hydrogen-bond acceptors (Lipinski definition) is 4. The maximum absolute atomic E-state index is 9.62. The van der Waals surface area contributed by atoms with Crippen molar-refractivity contribution in [1.82, 2.24) is 0 Å². The molecule has 4 heteroatoms. The Bertz CT molecular complexity index is 321. The third-order valence-electron chi connectivity index (χ3n) is 4.66. The van der Waals surface area contributed by atoms with Crippen molar-refractivity contribution >= 4 is 0 Å². The van der Waals surface area contributed by atoms with Crippen LogP contribution >= 0.6 is 0 Å². The van der Waals surface area contributed by atoms with Gasteiger partial charge in [0.1, 0.15) is 11.2 Å². The Morgan fingerprint density at radius 1 is 1.06 bits per heavy atom. The topological polar surface area (TPSA) is 51.2 Å². The van der Waals surface area contributed by atoms with E-state index >= 15 is 0 Å². The fourth-order valence-corrected chi connectivity index (χ4v) is 3.90. The van der Waals surface area contributed by atoms with Gasteiger partial charge in [-0.2, -0.15) is 0 Å². The predicted octanol–water partition coefficient (Wildman–Crippen LogP) is 1.07. The van der Waals surface area contributed by atoms with Crippen LogP contribution in [0.4, 0.5) is 0 Å². The zero-order valence-electron chi connectivity index (χ0n) is 10.2. The van der Waals surface area contributed by atoms with E-state index in [4.69, 9.17) is 14.2 Å². The average molecular weight is 228 g/mol. The molecule has 4 nitrogen and oxygen atoms in total. The molecule has 1 aliphatic carbocycles. The van der Waals surface area contributed by atoms with E-state index < -0.39 is 11.4 Å². The van der Waals surface area contributed by atoms with E-state index in [0.29, 0.717) is 13.2 Å². The second kappa shape index (κ2) is 2.80. The second-order valence-electron chi connectivity index (χ2n) is 6.16. The third-order valence-corrected chi connectivity index (χ3v) is 4.66. The fraction of sp³-hybridized carbons (Fsp3) is 1.00. The van der Waals surface area contributed by atoms with Crippen LogP contribution in [-0.2, 0) is 14.2 Å². The van der Waals surface area contributed by atoms with Crippen LogP contribution in [0.1, 0.15) is 33.6 Å². The zero-order valence-corrected chi connectivity index (χ0v) is 10.2. The molecule has 2 saturated heterocycles. The van der Waals surface area contributed by atoms with Crippen molar-refractivity contribution in [2.75, 3.05) is 19.8 Å². The van der Waals surface area contributed by atoms with Crippen molar-refractivity contribution in [3.8, 4) is 0 Å². The summed E-state index contributed by atoms with van der Waals surface area (Å²) in [6, 6.07) is 0. The number of aliphatic hydroxyl groups is 1. The lowest BCUT2D eigenvalue weighted by Gasteiger charge is -2.45. The summed E-state index contributed by atoms with van der Waals surface area (Å²) < 4.78 is 17.5. The molecule has 3 rings (SSSR count). The van der Waals surface area contributed by atoms with Gasteiger partial charge in [0.25, 0.3) is 0 Å². The highest BCUT2D eigenvalue weighted by Gasteiger charge is 2.79. The van der Waals surface area contributed by atoms with Gasteiger partial charge in [0.2, 0.25) is 0 Å². The maximum Gasteiger partial charge on any atom is 0.171 e. The molecule has 3 aliphatic rings. The Balaban J connectivity index is 1.95. The first kappa shape index (κ1) is 11.0. The summed E-state index contributed by atoms with van der Waals surface area (Å²) in [5, 5.41) is 9.62. The molecule has 0 amide bonds. The van der Waals surface area contributed by atoms with Crippen LogP contribution in [-0.4, -0.2) is 41.9 Å². The first-order valence-corrected chi connectivity index (χ1v) is 5.98. The van der Waals surface area contributed by atoms with Crippen LogP contribution in [0, 0.1) is 5.41 Å². The molecule has 2 aliphatic heterocycles. The van der Waals surface area contributed by atoms with Gasteiger partial charge in [-0.1, -0.05) is 13.8 Å². The first-order valence-electron chi connectivity index (χ1n) is 5.98. The molecule has 1 spiro atoms. The van der Waals surface area contributed by atoms with Crippen LogP contribution in [0.5, 0.6) is 0 Å². The van der Waals surface area contributed by atoms with E-state index in [1.165, 1.54) is 0 Å². The quantitative estimate of drug-likeness (QED) is 0.682. The number of fused-ring (bicyclic) bond motifs is 1. The molecule has 92 valence electrons. The number of hydrogen-bond donors (Lipinski definition) is 1. The smallest absolute Gasteiger partial charge is 0.171 e. The monoisotopic (exact) mass is 228 g/mol. The van der Waals surface area contributed by atoms with Gasteiger partial charge in [-0.25, -0.2) is 0 Å². The number of aliphatic hydroxyl groups excluding tert-OH is 1. The lowest BCUT2D eigenvalue weighted by atomic mass is 9.62. The molecule has 0 aromatic carbocycles. The van der Waals surface area contributed by atoms with Crippen molar-refractivity contribution in [3.63, 3.8) is 0 Å². The summed E-state index contributed by atoms with van der Waals surface area (Å²) in [5.41, 5.74) is -0.826. The normalized spacial score (nSPS) is 48.0. The van der Waals surface area contributed by atoms with Gasteiger partial charge >= 0.3 is 0 Å². The Hall–Kier alpha value is -0.160. The zero-order chi connectivity index (χ0) is 11.7. The second-order valence-corrected chi connectivity index (χ2v) is 6.16. The maximum atomic E-state index is 9.62. The standard InChI is InChI=1S/C12H20O4/c1-9(2)6-11(14-4-5-15-11)7-10(3)12(9,8-13)16-10/h13H,4-8H2,1-3H3. The van der Waals surface area contributed by atoms with Crippen molar-refractivity contribution in [2.45, 2.75) is 50.6 Å². The van der Waals surface area contributed by atoms with Crippen LogP contribution in [0.3, 0.4) is 0 Å². The van der Waals surface area contributed by atoms with Crippen LogP contribution < -0.4 is 0 Å². The molecule has 1 N–H and O–H groups in total. The molecule has 3 fully saturated rings. The van der Waals surface area contributed by atoms with E-state index in [1.54, 1.807) is 0 Å². The molecule has 0 aromatic rings. The first-order chi connectivity index (χ1) is 7.39. The van der Waals surface area contributed by atoms with Gasteiger partial charge in [0, 0.05) is 18.3 Å². The average Bonchev–Trinajstić information content (AvgIpc) is 2.56. The van der Waals surface area contributed by atoms with Gasteiger partial charge in [0.15, 0.2) is 5.79 Å². The molecule has 0 aromatic heterocycles. The van der Waals surface area contributed by atoms with E-state index in [2.05, 4.69) is 20.8 Å². The summed E-state index contributed by atoms with van der Waals surface area (Å²) in [6.45, 7) is 7.71. The SMILES string of the molecule is CC1(C)CC2(CC3(C)OC13CO)OCCO2. The van der Waals surface area contributed by atoms with Crippen LogP contribution in [0.25, 0.3) is 0 Å². The van der Waals surface area contributed by atoms with Gasteiger partial charge in [-0.15, -0.1) is 0 Å². The van der Waals surface area contributed by atoms with Crippen molar-refractivity contribution in [1.29, 1.82) is 0 Å². The summed E-state index contributed by atoms with van der Waals surface area (Å²) >= 11 is 0. The van der Waals surface area contributed by atoms with Crippen molar-refractivity contribution in [3.05, 3.63) is 0 Å². The fourth-order valence-electron chi connectivity index (χ4n) is 3.90. The van der Waals surface area contributed by atoms with E-state index in [-0.39, 0.29) is 17.6 Å². The molecule has 2 atom stereocenters. The van der Waals surface area contributed by atoms with E-state index in [1.807, 2.05) is 0 Å². The molecule has 16 heavy (non-hydrogen) atoms. The molecule has 1 saturated carbocycles. The van der Waals surface area contributed by atoms with E-state index in [9.17, 15) is 5.11 Å². The van der Waals surface area contributed by atoms with Crippen LogP contribution in [0.15, 0.2) is 0 Å². The summed E-state index contributed by atoms with van der Waals surface area (Å²) in [5.74, 6) is -0.479. The Morgan fingerprint density at radius 2 is 1.69 bits per heavy atom. The molecule has 2 unspecified atom stereocenters. The Morgan fingerprint density at radius 3 is 2.19 bits per heavy atom. The van der Waals surface area contributed by atoms with E-state index in [0.717, 1.165) is 12.8 Å². The lowest BCUT2D eigenvalue weighted by Crippen LogP contribution is -2.55. The highest BCUT2D eigenvalue weighted by Crippen LogP contribution is 2.68. The molecule has 0 radical (unpaired) electrons. The number of rotatable bonds is 1. The molecule has 0 bridgehead atoms. The highest BCUT2D eigenvalue weighted by atomic mass is 16.7. The van der Waals surface area contributed by atoms with Gasteiger partial charge in [-0.05, 0) is 6.92 Å². The summed E-state index contributed by atoms with van der Waals surface area (Å²) in [4.78, 5) is 0. The molecular weight excluding hydrogens is 208 g/mol. The number of epoxide rings is 1. The summed E-state index contributed by atoms with van der Waals surface area (Å²) in [7, 11) is 0. The lowest BCUT2D eigenvalue weighted by molar-refractivity contribution is -0.205. The van der Waals surface area contributed by atoms with Crippen LogP contribution in [0.2, 0.25) is 0 Å². The van der Waals surface area contributed by atoms with Gasteiger partial charge in [-0.3, -0.25) is 0 Å². The molecular formula is C12H20O4. The molecule has 2 heterocycles. The minimum atomic E-state index is -0.479. The van der Waals surface area contributed by atoms with Crippen molar-refractivity contribution < 1.29 is 19.3 Å². The number of ether oxygens (including phenoxy) is 3. The van der Waals surface area contributed by atoms with Gasteiger partial charge in [0.05, 0.1) is 19.8 Å². The summed E-state index contributed by atoms with van der Waals surface area (Å²) in [6.07, 6.45) is 1.51. The Kier molecular flexibility index (Phi) is 1.92.